The average Bonchev–Trinajstić information content (AvgIpc) is 3.03. The molecule has 0 saturated carbocycles. The van der Waals surface area contributed by atoms with E-state index in [-0.39, 0.29) is 11.5 Å². The van der Waals surface area contributed by atoms with Crippen LogP contribution in [0.1, 0.15) is 16.7 Å². The Bertz CT molecular complexity index is 1330. The first-order valence-corrected chi connectivity index (χ1v) is 9.88. The molecule has 2 amide bonds. The fourth-order valence-corrected chi connectivity index (χ4v) is 3.95. The summed E-state index contributed by atoms with van der Waals surface area (Å²) in [5.41, 5.74) is 6.57. The summed E-state index contributed by atoms with van der Waals surface area (Å²) in [4.78, 5) is 25.9. The fourth-order valence-electron chi connectivity index (χ4n) is 3.95. The summed E-state index contributed by atoms with van der Waals surface area (Å²) in [6.45, 7) is 4.00. The minimum Gasteiger partial charge on any atom is -0.267 e. The zero-order valence-electron chi connectivity index (χ0n) is 16.8. The molecule has 30 heavy (non-hydrogen) atoms. The lowest BCUT2D eigenvalue weighted by Gasteiger charge is -2.16. The van der Waals surface area contributed by atoms with Gasteiger partial charge in [-0.2, -0.15) is 0 Å². The van der Waals surface area contributed by atoms with Crippen LogP contribution in [-0.4, -0.2) is 11.8 Å². The van der Waals surface area contributed by atoms with Gasteiger partial charge < -0.3 is 0 Å². The van der Waals surface area contributed by atoms with Crippen molar-refractivity contribution in [2.75, 3.05) is 5.01 Å². The summed E-state index contributed by atoms with van der Waals surface area (Å²) < 4.78 is 0. The van der Waals surface area contributed by atoms with Gasteiger partial charge in [0.2, 0.25) is 0 Å². The molecule has 0 atom stereocenters. The molecule has 1 heterocycles. The number of anilines is 1. The van der Waals surface area contributed by atoms with Crippen LogP contribution in [-0.2, 0) is 9.59 Å². The molecule has 0 unspecified atom stereocenters. The van der Waals surface area contributed by atoms with Crippen LogP contribution in [0.2, 0.25) is 0 Å². The van der Waals surface area contributed by atoms with Crippen LogP contribution in [0, 0.1) is 13.8 Å². The summed E-state index contributed by atoms with van der Waals surface area (Å²) in [5, 5.41) is 5.48. The second-order valence-corrected chi connectivity index (χ2v) is 7.64. The molecule has 0 bridgehead atoms. The predicted molar refractivity (Wildman–Crippen MR) is 121 cm³/mol. The van der Waals surface area contributed by atoms with Gasteiger partial charge in [-0.25, -0.2) is 5.01 Å². The highest BCUT2D eigenvalue weighted by molar-refractivity contribution is 6.32. The van der Waals surface area contributed by atoms with Crippen LogP contribution in [0.15, 0.2) is 78.4 Å². The second kappa shape index (κ2) is 6.85. The molecule has 4 aromatic rings. The minimum atomic E-state index is -0.393. The standard InChI is InChI=1S/C26H20N2O2/c1-16-11-12-20(13-17(16)2)28-26(30)24(25(29)27-28)15-23-21-9-5-3-7-18(21)14-19-8-4-6-10-22(19)23/h3-15H,1-2H3,(H,27,29)/b24-15+. The van der Waals surface area contributed by atoms with E-state index in [1.54, 1.807) is 6.08 Å². The number of amides is 2. The van der Waals surface area contributed by atoms with Gasteiger partial charge in [-0.1, -0.05) is 54.6 Å². The predicted octanol–water partition coefficient (Wildman–Crippen LogP) is 5.07. The Morgan fingerprint density at radius 2 is 1.40 bits per heavy atom. The van der Waals surface area contributed by atoms with Gasteiger partial charge in [-0.15, -0.1) is 0 Å². The average molecular weight is 392 g/mol. The molecule has 0 spiro atoms. The van der Waals surface area contributed by atoms with Gasteiger partial charge >= 0.3 is 0 Å². The third-order valence-electron chi connectivity index (χ3n) is 5.74. The van der Waals surface area contributed by atoms with Crippen molar-refractivity contribution < 1.29 is 9.59 Å². The summed E-state index contributed by atoms with van der Waals surface area (Å²) in [5.74, 6) is -0.740. The summed E-state index contributed by atoms with van der Waals surface area (Å²) in [6.07, 6.45) is 1.73. The number of aryl methyl sites for hydroxylation is 2. The van der Waals surface area contributed by atoms with Gasteiger partial charge in [0.25, 0.3) is 11.8 Å². The number of fused-ring (bicyclic) bond motifs is 2. The van der Waals surface area contributed by atoms with Crippen molar-refractivity contribution >= 4 is 45.1 Å². The van der Waals surface area contributed by atoms with E-state index in [0.29, 0.717) is 5.69 Å². The Kier molecular flexibility index (Phi) is 4.14. The van der Waals surface area contributed by atoms with Gasteiger partial charge in [0.1, 0.15) is 5.57 Å². The van der Waals surface area contributed by atoms with Gasteiger partial charge in [-0.3, -0.25) is 15.0 Å². The topological polar surface area (TPSA) is 49.4 Å². The Labute approximate surface area is 174 Å². The maximum absolute atomic E-state index is 13.2. The van der Waals surface area contributed by atoms with Crippen molar-refractivity contribution in [1.29, 1.82) is 0 Å². The number of hydrogen-bond donors (Lipinski definition) is 1. The van der Waals surface area contributed by atoms with E-state index >= 15 is 0 Å². The number of hydrogen-bond acceptors (Lipinski definition) is 2. The summed E-state index contributed by atoms with van der Waals surface area (Å²) in [6, 6.07) is 23.9. The smallest absolute Gasteiger partial charge is 0.267 e. The van der Waals surface area contributed by atoms with Crippen molar-refractivity contribution in [3.8, 4) is 0 Å². The lowest BCUT2D eigenvalue weighted by molar-refractivity contribution is -0.117. The van der Waals surface area contributed by atoms with Gasteiger partial charge in [-0.05, 0) is 76.4 Å². The molecule has 1 aliphatic rings. The fraction of sp³-hybridized carbons (Fsp3) is 0.0769. The zero-order valence-corrected chi connectivity index (χ0v) is 16.8. The van der Waals surface area contributed by atoms with Crippen molar-refractivity contribution in [2.45, 2.75) is 13.8 Å². The van der Waals surface area contributed by atoms with Crippen LogP contribution < -0.4 is 10.4 Å². The van der Waals surface area contributed by atoms with Crippen LogP contribution in [0.4, 0.5) is 5.69 Å². The third kappa shape index (κ3) is 2.85. The molecule has 0 aromatic heterocycles. The first-order chi connectivity index (χ1) is 14.5. The van der Waals surface area contributed by atoms with Gasteiger partial charge in [0.15, 0.2) is 0 Å². The highest BCUT2D eigenvalue weighted by Gasteiger charge is 2.34. The molecule has 5 rings (SSSR count). The molecule has 1 aliphatic heterocycles. The van der Waals surface area contributed by atoms with Gasteiger partial charge in [0, 0.05) is 0 Å². The van der Waals surface area contributed by atoms with Crippen LogP contribution in [0.25, 0.3) is 27.6 Å². The quantitative estimate of drug-likeness (QED) is 0.294. The van der Waals surface area contributed by atoms with Crippen LogP contribution in [0.5, 0.6) is 0 Å². The lowest BCUT2D eigenvalue weighted by atomic mass is 9.95. The molecule has 1 N–H and O–H groups in total. The minimum absolute atomic E-state index is 0.134. The van der Waals surface area contributed by atoms with E-state index in [4.69, 9.17) is 0 Å². The maximum Gasteiger partial charge on any atom is 0.282 e. The van der Waals surface area contributed by atoms with E-state index in [1.807, 2.05) is 80.6 Å². The number of nitrogens with zero attached hydrogens (tertiary/aromatic N) is 1. The molecule has 4 nitrogen and oxygen atoms in total. The second-order valence-electron chi connectivity index (χ2n) is 7.64. The van der Waals surface area contributed by atoms with E-state index in [1.165, 1.54) is 5.01 Å². The zero-order chi connectivity index (χ0) is 20.8. The highest BCUT2D eigenvalue weighted by atomic mass is 16.2. The Morgan fingerprint density at radius 3 is 2.03 bits per heavy atom. The number of rotatable bonds is 2. The van der Waals surface area contributed by atoms with E-state index in [9.17, 15) is 9.59 Å². The Hall–Kier alpha value is -3.92. The molecule has 0 radical (unpaired) electrons. The summed E-state index contributed by atoms with van der Waals surface area (Å²) >= 11 is 0. The number of nitrogens with one attached hydrogen (secondary N) is 1. The van der Waals surface area contributed by atoms with Crippen molar-refractivity contribution in [3.05, 3.63) is 95.1 Å². The molecular weight excluding hydrogens is 372 g/mol. The number of carbonyl (C=O) groups excluding carboxylic acids is 2. The lowest BCUT2D eigenvalue weighted by Crippen LogP contribution is -2.35. The maximum atomic E-state index is 13.2. The molecular formula is C26H20N2O2. The molecule has 4 heteroatoms. The number of carbonyl (C=O) groups is 2. The third-order valence-corrected chi connectivity index (χ3v) is 5.74. The monoisotopic (exact) mass is 392 g/mol. The van der Waals surface area contributed by atoms with E-state index in [0.717, 1.165) is 38.2 Å². The first-order valence-electron chi connectivity index (χ1n) is 9.88. The Balaban J connectivity index is 1.67. The van der Waals surface area contributed by atoms with Crippen LogP contribution in [0.3, 0.4) is 0 Å². The normalized spacial score (nSPS) is 15.4. The van der Waals surface area contributed by atoms with Crippen LogP contribution >= 0.6 is 0 Å². The molecule has 4 aromatic carbocycles. The molecule has 1 fully saturated rings. The van der Waals surface area contributed by atoms with E-state index in [2.05, 4.69) is 11.5 Å². The molecule has 146 valence electrons. The summed E-state index contributed by atoms with van der Waals surface area (Å²) in [7, 11) is 0. The van der Waals surface area contributed by atoms with Crippen molar-refractivity contribution in [2.24, 2.45) is 0 Å². The Morgan fingerprint density at radius 1 is 0.767 bits per heavy atom. The first kappa shape index (κ1) is 18.1. The number of hydrazine groups is 1. The molecule has 0 aliphatic carbocycles. The largest absolute Gasteiger partial charge is 0.282 e. The van der Waals surface area contributed by atoms with Gasteiger partial charge in [0.05, 0.1) is 5.69 Å². The van der Waals surface area contributed by atoms with Crippen molar-refractivity contribution in [3.63, 3.8) is 0 Å². The van der Waals surface area contributed by atoms with E-state index < -0.39 is 5.91 Å². The highest BCUT2D eigenvalue weighted by Crippen LogP contribution is 2.32. The van der Waals surface area contributed by atoms with Crippen molar-refractivity contribution in [1.82, 2.24) is 5.43 Å². The molecule has 1 saturated heterocycles. The SMILES string of the molecule is Cc1ccc(N2NC(=O)/C(=C\c3c4ccccc4cc4ccccc34)C2=O)cc1C. The number of benzene rings is 4.